The quantitative estimate of drug-likeness (QED) is 0.898. The summed E-state index contributed by atoms with van der Waals surface area (Å²) in [5.74, 6) is 1.11. The molecule has 0 bridgehead atoms. The van der Waals surface area contributed by atoms with Crippen LogP contribution in [0.1, 0.15) is 35.7 Å². The zero-order valence-corrected chi connectivity index (χ0v) is 11.7. The second kappa shape index (κ2) is 5.75. The minimum absolute atomic E-state index is 0.00937. The molecular weight excluding hydrogens is 246 g/mol. The number of carbonyl (C=O) groups is 1. The molecule has 5 heteroatoms. The Balaban J connectivity index is 2.19. The molecule has 1 aromatic heterocycles. The Morgan fingerprint density at radius 1 is 1.58 bits per heavy atom. The number of furan rings is 1. The van der Waals surface area contributed by atoms with Gasteiger partial charge >= 0.3 is 0 Å². The molecule has 2 atom stereocenters. The Labute approximate surface area is 113 Å². The van der Waals surface area contributed by atoms with Gasteiger partial charge in [-0.25, -0.2) is 0 Å². The number of aliphatic hydroxyl groups excluding tert-OH is 1. The molecule has 1 fully saturated rings. The lowest BCUT2D eigenvalue weighted by molar-refractivity contribution is -0.0674. The van der Waals surface area contributed by atoms with E-state index in [0.29, 0.717) is 18.9 Å². The number of ether oxygens (including phenoxy) is 1. The Hall–Kier alpha value is -1.33. The van der Waals surface area contributed by atoms with E-state index in [0.717, 1.165) is 17.7 Å². The van der Waals surface area contributed by atoms with Crippen molar-refractivity contribution in [2.45, 2.75) is 39.3 Å². The minimum atomic E-state index is -0.305. The van der Waals surface area contributed by atoms with Crippen molar-refractivity contribution in [1.82, 2.24) is 4.90 Å². The molecule has 0 saturated carbocycles. The molecule has 1 aliphatic rings. The Morgan fingerprint density at radius 3 is 2.89 bits per heavy atom. The van der Waals surface area contributed by atoms with E-state index in [4.69, 9.17) is 14.3 Å². The average molecular weight is 267 g/mol. The highest BCUT2D eigenvalue weighted by Crippen LogP contribution is 2.21. The third-order valence-corrected chi connectivity index (χ3v) is 3.48. The molecule has 1 amide bonds. The molecule has 0 aliphatic carbocycles. The van der Waals surface area contributed by atoms with Gasteiger partial charge in [0.25, 0.3) is 5.91 Å². The number of aryl methyl sites for hydroxylation is 2. The van der Waals surface area contributed by atoms with Gasteiger partial charge in [-0.2, -0.15) is 0 Å². The average Bonchev–Trinajstić information content (AvgIpc) is 2.80. The topological polar surface area (TPSA) is 62.9 Å². The number of hydrogen-bond acceptors (Lipinski definition) is 4. The van der Waals surface area contributed by atoms with E-state index in [9.17, 15) is 4.79 Å². The van der Waals surface area contributed by atoms with E-state index in [2.05, 4.69) is 0 Å². The van der Waals surface area contributed by atoms with Gasteiger partial charge in [0.1, 0.15) is 5.76 Å². The summed E-state index contributed by atoms with van der Waals surface area (Å²) in [4.78, 5) is 14.2. The molecule has 1 aliphatic heterocycles. The van der Waals surface area contributed by atoms with Crippen molar-refractivity contribution in [1.29, 1.82) is 0 Å². The molecule has 2 rings (SSSR count). The fourth-order valence-corrected chi connectivity index (χ4v) is 2.28. The molecule has 0 spiro atoms. The van der Waals surface area contributed by atoms with Crippen molar-refractivity contribution in [3.8, 4) is 0 Å². The normalized spacial score (nSPS) is 23.7. The fourth-order valence-electron chi connectivity index (χ4n) is 2.28. The van der Waals surface area contributed by atoms with Crippen molar-refractivity contribution >= 4 is 5.91 Å². The number of carbonyl (C=O) groups excluding carboxylic acids is 1. The van der Waals surface area contributed by atoms with Gasteiger partial charge in [0.15, 0.2) is 5.76 Å². The summed E-state index contributed by atoms with van der Waals surface area (Å²) >= 11 is 0. The molecule has 1 saturated heterocycles. The van der Waals surface area contributed by atoms with Crippen molar-refractivity contribution in [3.05, 3.63) is 23.2 Å². The zero-order chi connectivity index (χ0) is 14.0. The lowest BCUT2D eigenvalue weighted by Gasteiger charge is -2.37. The first kappa shape index (κ1) is 14.1. The zero-order valence-electron chi connectivity index (χ0n) is 11.7. The lowest BCUT2D eigenvalue weighted by Crippen LogP contribution is -2.52. The van der Waals surface area contributed by atoms with Crippen LogP contribution in [-0.4, -0.2) is 47.8 Å². The first-order valence-corrected chi connectivity index (χ1v) is 6.69. The first-order valence-electron chi connectivity index (χ1n) is 6.69. The Kier molecular flexibility index (Phi) is 4.27. The molecule has 0 radical (unpaired) electrons. The van der Waals surface area contributed by atoms with Crippen LogP contribution in [0.25, 0.3) is 0 Å². The molecule has 2 heterocycles. The van der Waals surface area contributed by atoms with Crippen LogP contribution in [0.5, 0.6) is 0 Å². The van der Waals surface area contributed by atoms with Crippen LogP contribution in [0.4, 0.5) is 0 Å². The van der Waals surface area contributed by atoms with E-state index in [1.165, 1.54) is 0 Å². The summed E-state index contributed by atoms with van der Waals surface area (Å²) in [5.41, 5.74) is 0.862. The van der Waals surface area contributed by atoms with Gasteiger partial charge in [-0.15, -0.1) is 0 Å². The van der Waals surface area contributed by atoms with Gasteiger partial charge in [-0.1, -0.05) is 6.92 Å². The van der Waals surface area contributed by atoms with Gasteiger partial charge in [0.05, 0.1) is 25.4 Å². The number of nitrogens with zero attached hydrogens (tertiary/aromatic N) is 1. The van der Waals surface area contributed by atoms with Gasteiger partial charge in [0, 0.05) is 18.5 Å². The number of amides is 1. The standard InChI is InChI=1S/C14H21NO4/c1-4-11-5-9(2)13(19-11)14(17)15-6-12(7-16)18-8-10(15)3/h5,10,12,16H,4,6-8H2,1-3H3/t10-,12+/m0/s1. The maximum Gasteiger partial charge on any atom is 0.290 e. The maximum atomic E-state index is 12.5. The number of rotatable bonds is 3. The summed E-state index contributed by atoms with van der Waals surface area (Å²) in [6, 6.07) is 1.90. The van der Waals surface area contributed by atoms with Crippen LogP contribution in [0, 0.1) is 6.92 Å². The molecular formula is C14H21NO4. The van der Waals surface area contributed by atoms with E-state index < -0.39 is 0 Å². The summed E-state index contributed by atoms with van der Waals surface area (Å²) < 4.78 is 11.0. The highest BCUT2D eigenvalue weighted by atomic mass is 16.5. The van der Waals surface area contributed by atoms with Crippen LogP contribution in [0.3, 0.4) is 0 Å². The second-order valence-electron chi connectivity index (χ2n) is 5.02. The number of aliphatic hydroxyl groups is 1. The van der Waals surface area contributed by atoms with Crippen LogP contribution >= 0.6 is 0 Å². The third kappa shape index (κ3) is 2.82. The predicted octanol–water partition coefficient (Wildman–Crippen LogP) is 1.37. The molecule has 1 aromatic rings. The second-order valence-corrected chi connectivity index (χ2v) is 5.02. The molecule has 106 valence electrons. The molecule has 1 N–H and O–H groups in total. The lowest BCUT2D eigenvalue weighted by atomic mass is 10.1. The van der Waals surface area contributed by atoms with Crippen molar-refractivity contribution in [2.75, 3.05) is 19.8 Å². The molecule has 19 heavy (non-hydrogen) atoms. The monoisotopic (exact) mass is 267 g/mol. The summed E-state index contributed by atoms with van der Waals surface area (Å²) in [6.07, 6.45) is 0.465. The van der Waals surface area contributed by atoms with E-state index >= 15 is 0 Å². The van der Waals surface area contributed by atoms with E-state index in [1.807, 2.05) is 26.8 Å². The van der Waals surface area contributed by atoms with E-state index in [-0.39, 0.29) is 24.7 Å². The summed E-state index contributed by atoms with van der Waals surface area (Å²) in [6.45, 7) is 6.57. The van der Waals surface area contributed by atoms with E-state index in [1.54, 1.807) is 4.90 Å². The summed E-state index contributed by atoms with van der Waals surface area (Å²) in [7, 11) is 0. The molecule has 0 unspecified atom stereocenters. The molecule has 0 aromatic carbocycles. The van der Waals surface area contributed by atoms with Crippen LogP contribution in [0.15, 0.2) is 10.5 Å². The highest BCUT2D eigenvalue weighted by Gasteiger charge is 2.32. The Morgan fingerprint density at radius 2 is 2.32 bits per heavy atom. The van der Waals surface area contributed by atoms with Gasteiger partial charge in [-0.3, -0.25) is 4.79 Å². The number of hydrogen-bond donors (Lipinski definition) is 1. The fraction of sp³-hybridized carbons (Fsp3) is 0.643. The molecule has 5 nitrogen and oxygen atoms in total. The minimum Gasteiger partial charge on any atom is -0.456 e. The van der Waals surface area contributed by atoms with Crippen molar-refractivity contribution < 1.29 is 19.1 Å². The van der Waals surface area contributed by atoms with Gasteiger partial charge in [0.2, 0.25) is 0 Å². The van der Waals surface area contributed by atoms with Crippen LogP contribution in [0.2, 0.25) is 0 Å². The first-order chi connectivity index (χ1) is 9.06. The largest absolute Gasteiger partial charge is 0.456 e. The Bertz CT molecular complexity index is 454. The van der Waals surface area contributed by atoms with Crippen LogP contribution < -0.4 is 0 Å². The predicted molar refractivity (Wildman–Crippen MR) is 70.1 cm³/mol. The third-order valence-electron chi connectivity index (χ3n) is 3.48. The maximum absolute atomic E-state index is 12.5. The van der Waals surface area contributed by atoms with Gasteiger partial charge < -0.3 is 19.2 Å². The SMILES string of the molecule is CCc1cc(C)c(C(=O)N2C[C@H](CO)OC[C@@H]2C)o1. The van der Waals surface area contributed by atoms with Gasteiger partial charge in [-0.05, 0) is 19.9 Å². The van der Waals surface area contributed by atoms with Crippen molar-refractivity contribution in [2.24, 2.45) is 0 Å². The van der Waals surface area contributed by atoms with Crippen molar-refractivity contribution in [3.63, 3.8) is 0 Å². The smallest absolute Gasteiger partial charge is 0.290 e. The van der Waals surface area contributed by atoms with Crippen LogP contribution in [-0.2, 0) is 11.2 Å². The highest BCUT2D eigenvalue weighted by molar-refractivity contribution is 5.93. The summed E-state index contributed by atoms with van der Waals surface area (Å²) in [5, 5.41) is 9.16. The number of morpholine rings is 1.